The fourth-order valence-electron chi connectivity index (χ4n) is 2.46. The second-order valence-electron chi connectivity index (χ2n) is 5.84. The van der Waals surface area contributed by atoms with Crippen molar-refractivity contribution in [3.05, 3.63) is 18.1 Å². The van der Waals surface area contributed by atoms with Gasteiger partial charge in [-0.2, -0.15) is 0 Å². The monoisotopic (exact) mass is 278 g/mol. The molecule has 2 heterocycles. The molecule has 0 spiro atoms. The van der Waals surface area contributed by atoms with E-state index in [-0.39, 0.29) is 0 Å². The Kier molecular flexibility index (Phi) is 5.73. The summed E-state index contributed by atoms with van der Waals surface area (Å²) in [4.78, 5) is 11.3. The van der Waals surface area contributed by atoms with Gasteiger partial charge in [0.25, 0.3) is 0 Å². The highest BCUT2D eigenvalue weighted by Gasteiger charge is 2.20. The van der Waals surface area contributed by atoms with E-state index in [0.29, 0.717) is 12.0 Å². The Balaban J connectivity index is 1.94. The standard InChI is InChI=1S/C15H26N4O/c1-12(2)7-16-8-13-9-17-10-15(18-13)19-6-4-5-14(11-19)20-3/h9-10,12,14,16H,4-8,11H2,1-3H3. The van der Waals surface area contributed by atoms with Gasteiger partial charge in [0.1, 0.15) is 5.82 Å². The van der Waals surface area contributed by atoms with Crippen molar-refractivity contribution in [2.45, 2.75) is 39.3 Å². The van der Waals surface area contributed by atoms with E-state index in [1.54, 1.807) is 7.11 Å². The van der Waals surface area contributed by atoms with Gasteiger partial charge in [-0.15, -0.1) is 0 Å². The molecule has 1 atom stereocenters. The molecule has 2 rings (SSSR count). The minimum Gasteiger partial charge on any atom is -0.380 e. The predicted octanol–water partition coefficient (Wildman–Crippen LogP) is 1.84. The van der Waals surface area contributed by atoms with Crippen LogP contribution in [-0.2, 0) is 11.3 Å². The topological polar surface area (TPSA) is 50.3 Å². The van der Waals surface area contributed by atoms with E-state index in [4.69, 9.17) is 9.72 Å². The van der Waals surface area contributed by atoms with Crippen LogP contribution in [0.2, 0.25) is 0 Å². The van der Waals surface area contributed by atoms with Crippen LogP contribution in [0, 0.1) is 5.92 Å². The van der Waals surface area contributed by atoms with Gasteiger partial charge in [-0.05, 0) is 25.3 Å². The van der Waals surface area contributed by atoms with Crippen LogP contribution in [0.4, 0.5) is 5.82 Å². The molecule has 112 valence electrons. The number of aromatic nitrogens is 2. The third-order valence-corrected chi connectivity index (χ3v) is 3.57. The van der Waals surface area contributed by atoms with E-state index in [1.807, 2.05) is 12.4 Å². The van der Waals surface area contributed by atoms with Crippen molar-refractivity contribution in [1.29, 1.82) is 0 Å². The Morgan fingerprint density at radius 3 is 3.05 bits per heavy atom. The maximum Gasteiger partial charge on any atom is 0.147 e. The third kappa shape index (κ3) is 4.42. The molecule has 0 aliphatic carbocycles. The molecule has 5 nitrogen and oxygen atoms in total. The molecule has 1 unspecified atom stereocenters. The lowest BCUT2D eigenvalue weighted by Crippen LogP contribution is -2.39. The quantitative estimate of drug-likeness (QED) is 0.860. The number of nitrogens with zero attached hydrogens (tertiary/aromatic N) is 3. The molecular weight excluding hydrogens is 252 g/mol. The minimum absolute atomic E-state index is 0.313. The first kappa shape index (κ1) is 15.2. The number of nitrogens with one attached hydrogen (secondary N) is 1. The summed E-state index contributed by atoms with van der Waals surface area (Å²) in [5, 5.41) is 3.41. The van der Waals surface area contributed by atoms with Gasteiger partial charge in [-0.3, -0.25) is 4.98 Å². The summed E-state index contributed by atoms with van der Waals surface area (Å²) < 4.78 is 5.46. The number of piperidine rings is 1. The van der Waals surface area contributed by atoms with Crippen LogP contribution in [0.25, 0.3) is 0 Å². The second-order valence-corrected chi connectivity index (χ2v) is 5.84. The molecule has 0 radical (unpaired) electrons. The fourth-order valence-corrected chi connectivity index (χ4v) is 2.46. The van der Waals surface area contributed by atoms with Crippen LogP contribution in [-0.4, -0.2) is 42.8 Å². The Bertz CT molecular complexity index is 411. The summed E-state index contributed by atoms with van der Waals surface area (Å²) in [5.41, 5.74) is 1.00. The lowest BCUT2D eigenvalue weighted by Gasteiger charge is -2.32. The summed E-state index contributed by atoms with van der Waals surface area (Å²) in [7, 11) is 1.78. The molecule has 1 aromatic heterocycles. The molecule has 0 bridgehead atoms. The first-order valence-corrected chi connectivity index (χ1v) is 7.48. The first-order valence-electron chi connectivity index (χ1n) is 7.48. The van der Waals surface area contributed by atoms with Crippen LogP contribution in [0.15, 0.2) is 12.4 Å². The maximum absolute atomic E-state index is 5.46. The SMILES string of the molecule is COC1CCCN(c2cncc(CNCC(C)C)n2)C1. The van der Waals surface area contributed by atoms with Crippen LogP contribution in [0.5, 0.6) is 0 Å². The molecule has 20 heavy (non-hydrogen) atoms. The summed E-state index contributed by atoms with van der Waals surface area (Å²) in [5.74, 6) is 1.62. The second kappa shape index (κ2) is 7.55. The van der Waals surface area contributed by atoms with Gasteiger partial charge in [0.15, 0.2) is 0 Å². The number of methoxy groups -OCH3 is 1. The van der Waals surface area contributed by atoms with Crippen molar-refractivity contribution in [3.8, 4) is 0 Å². The van der Waals surface area contributed by atoms with E-state index < -0.39 is 0 Å². The molecule has 0 aromatic carbocycles. The Morgan fingerprint density at radius 1 is 1.45 bits per heavy atom. The summed E-state index contributed by atoms with van der Waals surface area (Å²) in [6.07, 6.45) is 6.29. The zero-order valence-electron chi connectivity index (χ0n) is 12.8. The van der Waals surface area contributed by atoms with Gasteiger partial charge in [0.05, 0.1) is 18.0 Å². The zero-order valence-corrected chi connectivity index (χ0v) is 12.8. The van der Waals surface area contributed by atoms with Crippen molar-refractivity contribution < 1.29 is 4.74 Å². The molecule has 1 N–H and O–H groups in total. The Labute approximate surface area is 121 Å². The lowest BCUT2D eigenvalue weighted by atomic mass is 10.1. The highest BCUT2D eigenvalue weighted by Crippen LogP contribution is 2.18. The number of ether oxygens (including phenoxy) is 1. The lowest BCUT2D eigenvalue weighted by molar-refractivity contribution is 0.0891. The summed E-state index contributed by atoms with van der Waals surface area (Å²) >= 11 is 0. The Morgan fingerprint density at radius 2 is 2.30 bits per heavy atom. The summed E-state index contributed by atoms with van der Waals surface area (Å²) in [6.45, 7) is 8.13. The van der Waals surface area contributed by atoms with Gasteiger partial charge in [-0.1, -0.05) is 13.8 Å². The van der Waals surface area contributed by atoms with Crippen LogP contribution in [0.1, 0.15) is 32.4 Å². The third-order valence-electron chi connectivity index (χ3n) is 3.57. The van der Waals surface area contributed by atoms with E-state index >= 15 is 0 Å². The summed E-state index contributed by atoms with van der Waals surface area (Å²) in [6, 6.07) is 0. The van der Waals surface area contributed by atoms with Gasteiger partial charge in [-0.25, -0.2) is 4.98 Å². The average molecular weight is 278 g/mol. The molecule has 5 heteroatoms. The first-order chi connectivity index (χ1) is 9.69. The number of hydrogen-bond donors (Lipinski definition) is 1. The van der Waals surface area contributed by atoms with Gasteiger partial charge < -0.3 is 15.0 Å². The van der Waals surface area contributed by atoms with Crippen LogP contribution < -0.4 is 10.2 Å². The highest BCUT2D eigenvalue weighted by molar-refractivity contribution is 5.37. The molecule has 1 fully saturated rings. The molecule has 1 aromatic rings. The molecule has 0 amide bonds. The molecule has 1 saturated heterocycles. The van der Waals surface area contributed by atoms with E-state index in [0.717, 1.165) is 50.5 Å². The minimum atomic E-state index is 0.313. The van der Waals surface area contributed by atoms with Crippen molar-refractivity contribution in [2.24, 2.45) is 5.92 Å². The van der Waals surface area contributed by atoms with E-state index in [9.17, 15) is 0 Å². The fraction of sp³-hybridized carbons (Fsp3) is 0.733. The number of rotatable bonds is 6. The number of hydrogen-bond acceptors (Lipinski definition) is 5. The van der Waals surface area contributed by atoms with E-state index in [1.165, 1.54) is 0 Å². The van der Waals surface area contributed by atoms with Crippen LogP contribution in [0.3, 0.4) is 0 Å². The largest absolute Gasteiger partial charge is 0.380 e. The average Bonchev–Trinajstić information content (AvgIpc) is 2.47. The maximum atomic E-state index is 5.46. The molecular formula is C15H26N4O. The highest BCUT2D eigenvalue weighted by atomic mass is 16.5. The number of anilines is 1. The van der Waals surface area contributed by atoms with Crippen molar-refractivity contribution >= 4 is 5.82 Å². The normalized spacial score (nSPS) is 19.6. The van der Waals surface area contributed by atoms with Gasteiger partial charge >= 0.3 is 0 Å². The predicted molar refractivity (Wildman–Crippen MR) is 80.8 cm³/mol. The Hall–Kier alpha value is -1.20. The van der Waals surface area contributed by atoms with Crippen LogP contribution >= 0.6 is 0 Å². The van der Waals surface area contributed by atoms with Crippen molar-refractivity contribution in [1.82, 2.24) is 15.3 Å². The molecule has 1 aliphatic rings. The van der Waals surface area contributed by atoms with Crippen molar-refractivity contribution in [2.75, 3.05) is 31.6 Å². The van der Waals surface area contributed by atoms with Gasteiger partial charge in [0.2, 0.25) is 0 Å². The van der Waals surface area contributed by atoms with E-state index in [2.05, 4.69) is 29.0 Å². The smallest absolute Gasteiger partial charge is 0.147 e. The zero-order chi connectivity index (χ0) is 14.4. The molecule has 1 aliphatic heterocycles. The van der Waals surface area contributed by atoms with Crippen molar-refractivity contribution in [3.63, 3.8) is 0 Å². The van der Waals surface area contributed by atoms with Gasteiger partial charge in [0, 0.05) is 32.9 Å². The molecule has 0 saturated carbocycles.